The van der Waals surface area contributed by atoms with Crippen molar-refractivity contribution < 1.29 is 9.53 Å². The average Bonchev–Trinajstić information content (AvgIpc) is 2.49. The van der Waals surface area contributed by atoms with E-state index in [1.54, 1.807) is 0 Å². The summed E-state index contributed by atoms with van der Waals surface area (Å²) in [5.74, 6) is -0.310. The van der Waals surface area contributed by atoms with Crippen LogP contribution in [0, 0.1) is 0 Å². The van der Waals surface area contributed by atoms with Gasteiger partial charge >= 0.3 is 5.97 Å². The number of rotatable bonds is 1. The number of hydrogen-bond donors (Lipinski definition) is 0. The molecule has 3 heteroatoms. The van der Waals surface area contributed by atoms with Crippen LogP contribution in [-0.4, -0.2) is 11.3 Å². The molecule has 0 spiro atoms. The maximum Gasteiger partial charge on any atom is 0.324 e. The summed E-state index contributed by atoms with van der Waals surface area (Å²) in [5.41, 5.74) is 1.01. The van der Waals surface area contributed by atoms with E-state index in [1.165, 1.54) is 0 Å². The number of alkyl halides is 1. The lowest BCUT2D eigenvalue weighted by Crippen LogP contribution is -2.04. The zero-order chi connectivity index (χ0) is 9.26. The second-order valence-corrected chi connectivity index (χ2v) is 3.57. The monoisotopic (exact) mass is 196 g/mol. The molecule has 2 rings (SSSR count). The van der Waals surface area contributed by atoms with Crippen LogP contribution in [-0.2, 0) is 9.53 Å². The van der Waals surface area contributed by atoms with E-state index in [0.717, 1.165) is 5.56 Å². The highest BCUT2D eigenvalue weighted by molar-refractivity contribution is 6.30. The second-order valence-electron chi connectivity index (χ2n) is 3.04. The van der Waals surface area contributed by atoms with Gasteiger partial charge in [0.15, 0.2) is 0 Å². The molecule has 1 saturated heterocycles. The number of hydrogen-bond acceptors (Lipinski definition) is 2. The van der Waals surface area contributed by atoms with Crippen LogP contribution in [0.2, 0.25) is 0 Å². The molecule has 13 heavy (non-hydrogen) atoms. The Morgan fingerprint density at radius 3 is 2.54 bits per heavy atom. The van der Waals surface area contributed by atoms with Crippen LogP contribution in [0.25, 0.3) is 0 Å². The molecule has 0 aliphatic carbocycles. The minimum Gasteiger partial charge on any atom is -0.456 e. The van der Waals surface area contributed by atoms with Crippen molar-refractivity contribution in [2.45, 2.75) is 17.9 Å². The lowest BCUT2D eigenvalue weighted by molar-refractivity contribution is -0.141. The standard InChI is InChI=1S/C10H9ClO2/c11-8-6-9(13-10(8)12)7-4-2-1-3-5-7/h1-5,8-9H,6H2/t8-,9-/m1/s1. The molecule has 0 aromatic heterocycles. The van der Waals surface area contributed by atoms with Crippen molar-refractivity contribution in [3.05, 3.63) is 35.9 Å². The molecule has 1 aromatic carbocycles. The first-order valence-corrected chi connectivity index (χ1v) is 4.60. The molecule has 1 aliphatic heterocycles. The smallest absolute Gasteiger partial charge is 0.324 e. The second kappa shape index (κ2) is 3.38. The Hall–Kier alpha value is -1.02. The molecule has 0 unspecified atom stereocenters. The summed E-state index contributed by atoms with van der Waals surface area (Å²) in [4.78, 5) is 11.0. The van der Waals surface area contributed by atoms with Gasteiger partial charge < -0.3 is 4.74 Å². The van der Waals surface area contributed by atoms with E-state index in [4.69, 9.17) is 16.3 Å². The number of benzene rings is 1. The fraction of sp³-hybridized carbons (Fsp3) is 0.300. The van der Waals surface area contributed by atoms with E-state index in [9.17, 15) is 4.79 Å². The molecule has 2 atom stereocenters. The Labute approximate surface area is 81.5 Å². The van der Waals surface area contributed by atoms with Crippen LogP contribution < -0.4 is 0 Å². The summed E-state index contributed by atoms with van der Waals surface area (Å²) in [6.45, 7) is 0. The molecule has 0 radical (unpaired) electrons. The highest BCUT2D eigenvalue weighted by Gasteiger charge is 2.33. The number of ether oxygens (including phenoxy) is 1. The third-order valence-corrected chi connectivity index (χ3v) is 2.46. The molecule has 0 N–H and O–H groups in total. The normalized spacial score (nSPS) is 27.3. The molecule has 2 nitrogen and oxygen atoms in total. The van der Waals surface area contributed by atoms with Crippen molar-refractivity contribution >= 4 is 17.6 Å². The summed E-state index contributed by atoms with van der Waals surface area (Å²) in [7, 11) is 0. The zero-order valence-corrected chi connectivity index (χ0v) is 7.70. The first-order valence-electron chi connectivity index (χ1n) is 4.17. The Bertz CT molecular complexity index is 310. The van der Waals surface area contributed by atoms with Gasteiger partial charge in [-0.05, 0) is 5.56 Å². The van der Waals surface area contributed by atoms with Gasteiger partial charge in [-0.25, -0.2) is 0 Å². The molecule has 1 aliphatic rings. The van der Waals surface area contributed by atoms with Crippen molar-refractivity contribution in [1.29, 1.82) is 0 Å². The zero-order valence-electron chi connectivity index (χ0n) is 6.94. The van der Waals surface area contributed by atoms with E-state index < -0.39 is 5.38 Å². The topological polar surface area (TPSA) is 26.3 Å². The Kier molecular flexibility index (Phi) is 2.23. The van der Waals surface area contributed by atoms with Gasteiger partial charge in [0.25, 0.3) is 0 Å². The predicted molar refractivity (Wildman–Crippen MR) is 49.5 cm³/mol. The predicted octanol–water partition coefficient (Wildman–Crippen LogP) is 2.28. The van der Waals surface area contributed by atoms with Crippen molar-refractivity contribution in [3.63, 3.8) is 0 Å². The summed E-state index contributed by atoms with van der Waals surface area (Å²) >= 11 is 5.73. The Morgan fingerprint density at radius 1 is 1.31 bits per heavy atom. The average molecular weight is 197 g/mol. The summed E-state index contributed by atoms with van der Waals surface area (Å²) in [6, 6.07) is 9.65. The van der Waals surface area contributed by atoms with Gasteiger partial charge in [-0.15, -0.1) is 11.6 Å². The lowest BCUT2D eigenvalue weighted by Gasteiger charge is -2.07. The molecule has 0 amide bonds. The van der Waals surface area contributed by atoms with Crippen LogP contribution in [0.4, 0.5) is 0 Å². The van der Waals surface area contributed by atoms with Crippen LogP contribution >= 0.6 is 11.6 Å². The first-order chi connectivity index (χ1) is 6.27. The lowest BCUT2D eigenvalue weighted by atomic mass is 10.1. The van der Waals surface area contributed by atoms with Gasteiger partial charge in [0.1, 0.15) is 11.5 Å². The number of halogens is 1. The van der Waals surface area contributed by atoms with Crippen LogP contribution in [0.3, 0.4) is 0 Å². The maximum atomic E-state index is 11.0. The van der Waals surface area contributed by atoms with E-state index in [-0.39, 0.29) is 12.1 Å². The number of carbonyl (C=O) groups is 1. The van der Waals surface area contributed by atoms with Crippen molar-refractivity contribution in [3.8, 4) is 0 Å². The van der Waals surface area contributed by atoms with E-state index >= 15 is 0 Å². The minimum atomic E-state index is -0.481. The maximum absolute atomic E-state index is 11.0. The van der Waals surface area contributed by atoms with Crippen molar-refractivity contribution in [2.75, 3.05) is 0 Å². The molecular formula is C10H9ClO2. The fourth-order valence-electron chi connectivity index (χ4n) is 1.42. The highest BCUT2D eigenvalue weighted by Crippen LogP contribution is 2.31. The fourth-order valence-corrected chi connectivity index (χ4v) is 1.63. The third-order valence-electron chi connectivity index (χ3n) is 2.11. The third kappa shape index (κ3) is 1.68. The van der Waals surface area contributed by atoms with Crippen LogP contribution in [0.1, 0.15) is 18.1 Å². The number of carbonyl (C=O) groups excluding carboxylic acids is 1. The van der Waals surface area contributed by atoms with Crippen molar-refractivity contribution in [2.24, 2.45) is 0 Å². The number of cyclic esters (lactones) is 1. The molecule has 1 fully saturated rings. The molecular weight excluding hydrogens is 188 g/mol. The highest BCUT2D eigenvalue weighted by atomic mass is 35.5. The van der Waals surface area contributed by atoms with Crippen LogP contribution in [0.5, 0.6) is 0 Å². The molecule has 0 saturated carbocycles. The Morgan fingerprint density at radius 2 is 2.00 bits per heavy atom. The van der Waals surface area contributed by atoms with Gasteiger partial charge in [-0.3, -0.25) is 4.79 Å². The van der Waals surface area contributed by atoms with Gasteiger partial charge in [-0.1, -0.05) is 30.3 Å². The molecule has 1 heterocycles. The minimum absolute atomic E-state index is 0.156. The summed E-state index contributed by atoms with van der Waals surface area (Å²) < 4.78 is 5.09. The Balaban J connectivity index is 2.17. The SMILES string of the molecule is O=C1O[C@@H](c2ccccc2)C[C@H]1Cl. The van der Waals surface area contributed by atoms with E-state index in [0.29, 0.717) is 6.42 Å². The van der Waals surface area contributed by atoms with Gasteiger partial charge in [0, 0.05) is 6.42 Å². The van der Waals surface area contributed by atoms with Gasteiger partial charge in [0.2, 0.25) is 0 Å². The largest absolute Gasteiger partial charge is 0.456 e. The molecule has 1 aromatic rings. The van der Waals surface area contributed by atoms with E-state index in [1.807, 2.05) is 30.3 Å². The van der Waals surface area contributed by atoms with Gasteiger partial charge in [-0.2, -0.15) is 0 Å². The molecule has 68 valence electrons. The van der Waals surface area contributed by atoms with Gasteiger partial charge in [0.05, 0.1) is 0 Å². The van der Waals surface area contributed by atoms with Crippen molar-refractivity contribution in [1.82, 2.24) is 0 Å². The quantitative estimate of drug-likeness (QED) is 0.509. The summed E-state index contributed by atoms with van der Waals surface area (Å²) in [6.07, 6.45) is 0.418. The van der Waals surface area contributed by atoms with E-state index in [2.05, 4.69) is 0 Å². The number of esters is 1. The first kappa shape index (κ1) is 8.57. The molecule has 0 bridgehead atoms. The van der Waals surface area contributed by atoms with Crippen LogP contribution in [0.15, 0.2) is 30.3 Å². The summed E-state index contributed by atoms with van der Waals surface area (Å²) in [5, 5.41) is -0.481.